The smallest absolute Gasteiger partial charge is 0.246 e. The monoisotopic (exact) mass is 435 g/mol. The zero-order chi connectivity index (χ0) is 21.5. The van der Waals surface area contributed by atoms with Crippen LogP contribution in [0.1, 0.15) is 17.2 Å². The minimum absolute atomic E-state index is 0.325. The van der Waals surface area contributed by atoms with Crippen LogP contribution >= 0.6 is 0 Å². The molecule has 4 heterocycles. The lowest BCUT2D eigenvalue weighted by atomic mass is 10.3. The van der Waals surface area contributed by atoms with Gasteiger partial charge >= 0.3 is 0 Å². The third-order valence-corrected chi connectivity index (χ3v) is 7.90. The first kappa shape index (κ1) is 21.0. The van der Waals surface area contributed by atoms with Gasteiger partial charge in [0.2, 0.25) is 10.0 Å². The summed E-state index contributed by atoms with van der Waals surface area (Å²) >= 11 is 0. The highest BCUT2D eigenvalue weighted by Gasteiger charge is 2.33. The Bertz CT molecular complexity index is 1020. The number of anilines is 2. The molecule has 2 fully saturated rings. The van der Waals surface area contributed by atoms with Gasteiger partial charge in [0, 0.05) is 52.4 Å². The summed E-state index contributed by atoms with van der Waals surface area (Å²) in [4.78, 5) is 13.9. The number of hydrogen-bond donors (Lipinski definition) is 0. The summed E-state index contributed by atoms with van der Waals surface area (Å²) in [5.74, 6) is 2.46. The normalized spacial score (nSPS) is 18.8. The quantitative estimate of drug-likeness (QED) is 0.684. The molecule has 11 heteroatoms. The molecule has 2 saturated heterocycles. The molecule has 0 unspecified atom stereocenters. The molecular formula is C19H29N7O3S. The van der Waals surface area contributed by atoms with Gasteiger partial charge in [-0.15, -0.1) is 0 Å². The fraction of sp³-hybridized carbons (Fsp3) is 0.632. The van der Waals surface area contributed by atoms with Gasteiger partial charge < -0.3 is 14.5 Å². The van der Waals surface area contributed by atoms with Gasteiger partial charge in [-0.2, -0.15) is 9.40 Å². The maximum atomic E-state index is 13.2. The topological polar surface area (TPSA) is 96.7 Å². The minimum Gasteiger partial charge on any atom is -0.378 e. The Kier molecular flexibility index (Phi) is 5.69. The molecule has 0 radical (unpaired) electrons. The molecule has 2 aliphatic heterocycles. The summed E-state index contributed by atoms with van der Waals surface area (Å²) in [6.45, 7) is 10.4. The maximum Gasteiger partial charge on any atom is 0.246 e. The van der Waals surface area contributed by atoms with Crippen molar-refractivity contribution >= 4 is 21.7 Å². The fourth-order valence-electron chi connectivity index (χ4n) is 4.07. The van der Waals surface area contributed by atoms with Crippen molar-refractivity contribution in [2.24, 2.45) is 7.05 Å². The van der Waals surface area contributed by atoms with Crippen molar-refractivity contribution in [1.82, 2.24) is 24.1 Å². The van der Waals surface area contributed by atoms with E-state index in [1.807, 2.05) is 13.0 Å². The Morgan fingerprint density at radius 2 is 1.47 bits per heavy atom. The molecule has 30 heavy (non-hydrogen) atoms. The predicted octanol–water partition coefficient (Wildman–Crippen LogP) is 0.483. The fourth-order valence-corrected chi connectivity index (χ4v) is 5.89. The Balaban J connectivity index is 1.50. The molecule has 0 aliphatic carbocycles. The number of sulfonamides is 1. The highest BCUT2D eigenvalue weighted by Crippen LogP contribution is 2.26. The van der Waals surface area contributed by atoms with Gasteiger partial charge in [-0.25, -0.2) is 18.4 Å². The SMILES string of the molecule is Cc1nc(N2CCOCC2)cc(N2CCN(S(=O)(=O)c3c(C)nn(C)c3C)CC2)n1. The van der Waals surface area contributed by atoms with Crippen LogP contribution in [-0.2, 0) is 21.8 Å². The summed E-state index contributed by atoms with van der Waals surface area (Å²) in [6.07, 6.45) is 0. The van der Waals surface area contributed by atoms with E-state index >= 15 is 0 Å². The van der Waals surface area contributed by atoms with Crippen LogP contribution in [0.4, 0.5) is 11.6 Å². The molecule has 0 N–H and O–H groups in total. The van der Waals surface area contributed by atoms with Crippen LogP contribution in [0.25, 0.3) is 0 Å². The average Bonchev–Trinajstić information content (AvgIpc) is 3.00. The van der Waals surface area contributed by atoms with Crippen LogP contribution in [0.5, 0.6) is 0 Å². The van der Waals surface area contributed by atoms with Crippen LogP contribution in [-0.4, -0.2) is 85.0 Å². The van der Waals surface area contributed by atoms with Crippen molar-refractivity contribution in [1.29, 1.82) is 0 Å². The van der Waals surface area contributed by atoms with Crippen molar-refractivity contribution in [3.63, 3.8) is 0 Å². The second-order valence-electron chi connectivity index (χ2n) is 7.75. The summed E-state index contributed by atoms with van der Waals surface area (Å²) in [5, 5.41) is 4.27. The van der Waals surface area contributed by atoms with Crippen LogP contribution in [0.15, 0.2) is 11.0 Å². The summed E-state index contributed by atoms with van der Waals surface area (Å²) in [5.41, 5.74) is 1.20. The molecule has 2 aromatic rings. The van der Waals surface area contributed by atoms with E-state index in [0.29, 0.717) is 61.5 Å². The molecule has 2 aromatic heterocycles. The molecule has 0 aromatic carbocycles. The molecule has 164 valence electrons. The van der Waals surface area contributed by atoms with Gasteiger partial charge in [-0.05, 0) is 20.8 Å². The molecule has 0 atom stereocenters. The number of rotatable bonds is 4. The van der Waals surface area contributed by atoms with Crippen molar-refractivity contribution in [3.05, 3.63) is 23.3 Å². The van der Waals surface area contributed by atoms with Crippen LogP contribution in [0.2, 0.25) is 0 Å². The van der Waals surface area contributed by atoms with Crippen molar-refractivity contribution in [2.75, 3.05) is 62.3 Å². The van der Waals surface area contributed by atoms with Gasteiger partial charge in [0.25, 0.3) is 0 Å². The third kappa shape index (κ3) is 3.88. The lowest BCUT2D eigenvalue weighted by Crippen LogP contribution is -2.49. The molecular weight excluding hydrogens is 406 g/mol. The number of morpholine rings is 1. The Hall–Kier alpha value is -2.24. The van der Waals surface area contributed by atoms with E-state index in [4.69, 9.17) is 4.74 Å². The van der Waals surface area contributed by atoms with E-state index in [1.54, 1.807) is 29.9 Å². The van der Waals surface area contributed by atoms with Gasteiger partial charge in [0.05, 0.1) is 24.6 Å². The minimum atomic E-state index is -3.57. The van der Waals surface area contributed by atoms with Crippen LogP contribution < -0.4 is 9.80 Å². The lowest BCUT2D eigenvalue weighted by Gasteiger charge is -2.35. The molecule has 4 rings (SSSR count). The van der Waals surface area contributed by atoms with Gasteiger partial charge in [0.15, 0.2) is 0 Å². The van der Waals surface area contributed by atoms with Gasteiger partial charge in [-0.1, -0.05) is 0 Å². The number of hydrogen-bond acceptors (Lipinski definition) is 8. The van der Waals surface area contributed by atoms with Gasteiger partial charge in [0.1, 0.15) is 22.4 Å². The second kappa shape index (κ2) is 8.12. The first-order valence-electron chi connectivity index (χ1n) is 10.2. The predicted molar refractivity (Wildman–Crippen MR) is 113 cm³/mol. The van der Waals surface area contributed by atoms with Crippen molar-refractivity contribution in [3.8, 4) is 0 Å². The highest BCUT2D eigenvalue weighted by atomic mass is 32.2. The second-order valence-corrected chi connectivity index (χ2v) is 9.62. The van der Waals surface area contributed by atoms with Crippen molar-refractivity contribution < 1.29 is 13.2 Å². The van der Waals surface area contributed by atoms with E-state index in [2.05, 4.69) is 24.9 Å². The average molecular weight is 436 g/mol. The molecule has 2 aliphatic rings. The van der Waals surface area contributed by atoms with E-state index in [0.717, 1.165) is 24.7 Å². The largest absolute Gasteiger partial charge is 0.378 e. The third-order valence-electron chi connectivity index (χ3n) is 5.75. The summed E-state index contributed by atoms with van der Waals surface area (Å²) in [7, 11) is -1.81. The van der Waals surface area contributed by atoms with E-state index in [9.17, 15) is 8.42 Å². The standard InChI is InChI=1S/C19H29N7O3S/c1-14-19(15(2)23(4)22-14)30(27,28)26-7-5-24(6-8-26)17-13-18(21-16(3)20-17)25-9-11-29-12-10-25/h13H,5-12H2,1-4H3. The zero-order valence-electron chi connectivity index (χ0n) is 18.0. The lowest BCUT2D eigenvalue weighted by molar-refractivity contribution is 0.122. The number of ether oxygens (including phenoxy) is 1. The van der Waals surface area contributed by atoms with Crippen LogP contribution in [0, 0.1) is 20.8 Å². The number of nitrogens with zero attached hydrogens (tertiary/aromatic N) is 7. The molecule has 0 amide bonds. The van der Waals surface area contributed by atoms with Gasteiger partial charge in [-0.3, -0.25) is 4.68 Å². The van der Waals surface area contributed by atoms with E-state index in [-0.39, 0.29) is 0 Å². The summed E-state index contributed by atoms with van der Waals surface area (Å²) < 4.78 is 35.0. The zero-order valence-corrected chi connectivity index (χ0v) is 18.8. The Morgan fingerprint density at radius 1 is 0.900 bits per heavy atom. The Morgan fingerprint density at radius 3 is 2.00 bits per heavy atom. The van der Waals surface area contributed by atoms with E-state index in [1.165, 1.54) is 0 Å². The number of piperazine rings is 1. The molecule has 10 nitrogen and oxygen atoms in total. The van der Waals surface area contributed by atoms with E-state index < -0.39 is 10.0 Å². The summed E-state index contributed by atoms with van der Waals surface area (Å²) in [6, 6.07) is 2.00. The molecule has 0 spiro atoms. The number of aryl methyl sites for hydroxylation is 3. The molecule has 0 bridgehead atoms. The van der Waals surface area contributed by atoms with Crippen LogP contribution in [0.3, 0.4) is 0 Å². The molecule has 0 saturated carbocycles. The first-order chi connectivity index (χ1) is 14.3. The van der Waals surface area contributed by atoms with Crippen molar-refractivity contribution in [2.45, 2.75) is 25.7 Å². The highest BCUT2D eigenvalue weighted by molar-refractivity contribution is 7.89. The maximum absolute atomic E-state index is 13.2. The first-order valence-corrected chi connectivity index (χ1v) is 11.6. The number of aromatic nitrogens is 4. The Labute approximate surface area is 177 Å².